The van der Waals surface area contributed by atoms with Crippen LogP contribution in [0.5, 0.6) is 17.2 Å². The normalized spacial score (nSPS) is 13.9. The quantitative estimate of drug-likeness (QED) is 0.116. The number of hydrogen-bond donors (Lipinski definition) is 0. The van der Waals surface area contributed by atoms with Gasteiger partial charge >= 0.3 is 5.97 Å². The average Bonchev–Trinajstić information content (AvgIpc) is 2.94. The van der Waals surface area contributed by atoms with Gasteiger partial charge in [0.05, 0.1) is 18.8 Å². The first-order chi connectivity index (χ1) is 18.6. The average molecular weight is 530 g/mol. The lowest BCUT2D eigenvalue weighted by Crippen LogP contribution is -2.15. The molecule has 0 aliphatic heterocycles. The third-order valence-corrected chi connectivity index (χ3v) is 7.10. The third-order valence-electron chi connectivity index (χ3n) is 7.10. The van der Waals surface area contributed by atoms with Crippen LogP contribution in [-0.2, 0) is 0 Å². The van der Waals surface area contributed by atoms with Crippen molar-refractivity contribution in [2.75, 3.05) is 13.2 Å². The summed E-state index contributed by atoms with van der Waals surface area (Å²) in [6, 6.07) is 9.07. The fourth-order valence-electron chi connectivity index (χ4n) is 4.71. The summed E-state index contributed by atoms with van der Waals surface area (Å²) < 4.78 is 45.7. The van der Waals surface area contributed by atoms with Crippen LogP contribution in [0.2, 0.25) is 0 Å². The highest BCUT2D eigenvalue weighted by molar-refractivity contribution is 5.91. The van der Waals surface area contributed by atoms with Crippen LogP contribution in [0.25, 0.3) is 0 Å². The van der Waals surface area contributed by atoms with E-state index in [2.05, 4.69) is 13.3 Å². The number of hydrogen-bond acceptors (Lipinski definition) is 4. The van der Waals surface area contributed by atoms with Gasteiger partial charge in [0, 0.05) is 0 Å². The monoisotopic (exact) mass is 529 g/mol. The van der Waals surface area contributed by atoms with Gasteiger partial charge in [0.1, 0.15) is 11.5 Å². The molecule has 1 aliphatic carbocycles. The minimum absolute atomic E-state index is 0.188. The Labute approximate surface area is 227 Å². The first-order valence-corrected chi connectivity index (χ1v) is 14.5. The molecule has 1 fully saturated rings. The SMILES string of the molecule is CCCCCCCCCCCCOc1ccc(C(=O)Oc2ccc(OCC3CC[CH]CC3)cc2)c(F)c1F. The van der Waals surface area contributed by atoms with Crippen LogP contribution < -0.4 is 14.2 Å². The fourth-order valence-corrected chi connectivity index (χ4v) is 4.71. The smallest absolute Gasteiger partial charge is 0.346 e. The molecule has 0 unspecified atom stereocenters. The highest BCUT2D eigenvalue weighted by Gasteiger charge is 2.21. The van der Waals surface area contributed by atoms with Gasteiger partial charge in [0.25, 0.3) is 0 Å². The zero-order valence-electron chi connectivity index (χ0n) is 22.8. The number of esters is 1. The van der Waals surface area contributed by atoms with Crippen molar-refractivity contribution in [2.45, 2.75) is 96.8 Å². The molecular weight excluding hydrogens is 486 g/mol. The zero-order valence-corrected chi connectivity index (χ0v) is 22.8. The molecule has 1 radical (unpaired) electrons. The largest absolute Gasteiger partial charge is 0.493 e. The number of benzene rings is 2. The standard InChI is InChI=1S/C32H43F2O4/c1-2-3-4-5-6-7-8-9-10-14-23-36-29-22-21-28(30(33)31(29)34)32(35)38-27-19-17-26(18-20-27)37-24-25-15-12-11-13-16-25/h11,17-22,25H,2-10,12-16,23-24H2,1H3. The molecule has 0 aromatic heterocycles. The van der Waals surface area contributed by atoms with Gasteiger partial charge in [-0.15, -0.1) is 0 Å². The van der Waals surface area contributed by atoms with Crippen molar-refractivity contribution < 1.29 is 27.8 Å². The summed E-state index contributed by atoms with van der Waals surface area (Å²) in [6.45, 7) is 3.19. The van der Waals surface area contributed by atoms with E-state index in [1.54, 1.807) is 24.3 Å². The molecule has 209 valence electrons. The lowest BCUT2D eigenvalue weighted by Gasteiger charge is -2.21. The van der Waals surface area contributed by atoms with E-state index in [1.165, 1.54) is 57.1 Å². The lowest BCUT2D eigenvalue weighted by molar-refractivity contribution is 0.0728. The summed E-state index contributed by atoms with van der Waals surface area (Å²) in [5.74, 6) is -2.12. The molecule has 4 nitrogen and oxygen atoms in total. The van der Waals surface area contributed by atoms with Crippen LogP contribution in [0.1, 0.15) is 107 Å². The van der Waals surface area contributed by atoms with E-state index in [0.29, 0.717) is 24.9 Å². The van der Waals surface area contributed by atoms with E-state index >= 15 is 0 Å². The van der Waals surface area contributed by atoms with Crippen molar-refractivity contribution in [3.8, 4) is 17.2 Å². The van der Waals surface area contributed by atoms with Gasteiger partial charge in [-0.05, 0) is 80.8 Å². The number of halogens is 2. The van der Waals surface area contributed by atoms with E-state index < -0.39 is 23.2 Å². The summed E-state index contributed by atoms with van der Waals surface area (Å²) in [7, 11) is 0. The molecule has 1 aliphatic rings. The van der Waals surface area contributed by atoms with Gasteiger partial charge in [-0.2, -0.15) is 4.39 Å². The zero-order chi connectivity index (χ0) is 27.0. The Morgan fingerprint density at radius 1 is 0.763 bits per heavy atom. The van der Waals surface area contributed by atoms with Crippen LogP contribution in [0.15, 0.2) is 36.4 Å². The molecule has 0 heterocycles. The van der Waals surface area contributed by atoms with E-state index in [-0.39, 0.29) is 11.5 Å². The van der Waals surface area contributed by atoms with Crippen molar-refractivity contribution in [1.82, 2.24) is 0 Å². The minimum atomic E-state index is -1.26. The van der Waals surface area contributed by atoms with Crippen molar-refractivity contribution in [3.05, 3.63) is 60.0 Å². The van der Waals surface area contributed by atoms with E-state index in [9.17, 15) is 13.6 Å². The van der Waals surface area contributed by atoms with Gasteiger partial charge in [-0.3, -0.25) is 0 Å². The first-order valence-electron chi connectivity index (χ1n) is 14.5. The molecule has 2 aromatic rings. The molecule has 0 amide bonds. The summed E-state index contributed by atoms with van der Waals surface area (Å²) in [5.41, 5.74) is -0.469. The maximum atomic E-state index is 14.6. The highest BCUT2D eigenvalue weighted by Crippen LogP contribution is 2.27. The van der Waals surface area contributed by atoms with E-state index in [4.69, 9.17) is 14.2 Å². The maximum absolute atomic E-state index is 14.6. The first kappa shape index (κ1) is 29.9. The van der Waals surface area contributed by atoms with Crippen LogP contribution in [-0.4, -0.2) is 19.2 Å². The van der Waals surface area contributed by atoms with Gasteiger partial charge in [0.2, 0.25) is 5.82 Å². The summed E-state index contributed by atoms with van der Waals surface area (Å²) in [6.07, 6.45) is 18.7. The van der Waals surface area contributed by atoms with Crippen molar-refractivity contribution in [3.63, 3.8) is 0 Å². The van der Waals surface area contributed by atoms with Gasteiger partial charge in [-0.25, -0.2) is 9.18 Å². The molecule has 0 N–H and O–H groups in total. The number of carbonyl (C=O) groups is 1. The Morgan fingerprint density at radius 2 is 1.37 bits per heavy atom. The Balaban J connectivity index is 1.37. The molecular formula is C32H43F2O4. The van der Waals surface area contributed by atoms with Crippen LogP contribution in [0.4, 0.5) is 8.78 Å². The van der Waals surface area contributed by atoms with Crippen molar-refractivity contribution >= 4 is 5.97 Å². The molecule has 1 saturated carbocycles. The minimum Gasteiger partial charge on any atom is -0.493 e. The molecule has 2 aromatic carbocycles. The molecule has 0 atom stereocenters. The third kappa shape index (κ3) is 10.3. The second kappa shape index (κ2) is 17.1. The summed E-state index contributed by atoms with van der Waals surface area (Å²) in [4.78, 5) is 12.5. The predicted molar refractivity (Wildman–Crippen MR) is 147 cm³/mol. The molecule has 0 spiro atoms. The van der Waals surface area contributed by atoms with Gasteiger partial charge in [0.15, 0.2) is 11.6 Å². The van der Waals surface area contributed by atoms with Gasteiger partial charge in [-0.1, -0.05) is 64.7 Å². The Bertz CT molecular complexity index is 955. The maximum Gasteiger partial charge on any atom is 0.346 e. The molecule has 3 rings (SSSR count). The summed E-state index contributed by atoms with van der Waals surface area (Å²) >= 11 is 0. The number of rotatable bonds is 17. The number of ether oxygens (including phenoxy) is 3. The Morgan fingerprint density at radius 3 is 2.03 bits per heavy atom. The summed E-state index contributed by atoms with van der Waals surface area (Å²) in [5, 5.41) is 0. The van der Waals surface area contributed by atoms with E-state index in [0.717, 1.165) is 44.9 Å². The molecule has 6 heteroatoms. The van der Waals surface area contributed by atoms with Crippen LogP contribution >= 0.6 is 0 Å². The Hall–Kier alpha value is -2.63. The molecule has 0 saturated heterocycles. The van der Waals surface area contributed by atoms with E-state index in [1.807, 2.05) is 0 Å². The number of unbranched alkanes of at least 4 members (excludes halogenated alkanes) is 9. The predicted octanol–water partition coefficient (Wildman–Crippen LogP) is 9.26. The van der Waals surface area contributed by atoms with Crippen molar-refractivity contribution in [2.24, 2.45) is 5.92 Å². The lowest BCUT2D eigenvalue weighted by atomic mass is 9.90. The van der Waals surface area contributed by atoms with Crippen LogP contribution in [0.3, 0.4) is 0 Å². The van der Waals surface area contributed by atoms with Crippen molar-refractivity contribution in [1.29, 1.82) is 0 Å². The topological polar surface area (TPSA) is 44.8 Å². The van der Waals surface area contributed by atoms with Gasteiger partial charge < -0.3 is 14.2 Å². The highest BCUT2D eigenvalue weighted by atomic mass is 19.2. The Kier molecular flexibility index (Phi) is 13.4. The fraction of sp³-hybridized carbons (Fsp3) is 0.562. The molecule has 0 bridgehead atoms. The second-order valence-corrected chi connectivity index (χ2v) is 10.3. The molecule has 38 heavy (non-hydrogen) atoms. The van der Waals surface area contributed by atoms with Crippen LogP contribution in [0, 0.1) is 24.0 Å². The number of carbonyl (C=O) groups excluding carboxylic acids is 1. The second-order valence-electron chi connectivity index (χ2n) is 10.3.